The number of aryl methyl sites for hydroxylation is 1. The Balaban J connectivity index is 2.94. The van der Waals surface area contributed by atoms with E-state index in [1.54, 1.807) is 12.1 Å². The Morgan fingerprint density at radius 3 is 2.65 bits per heavy atom. The second-order valence-electron chi connectivity index (χ2n) is 3.42. The average molecular weight is 235 g/mol. The number of rotatable bonds is 3. The van der Waals surface area contributed by atoms with Gasteiger partial charge in [0, 0.05) is 11.8 Å². The van der Waals surface area contributed by atoms with E-state index in [4.69, 9.17) is 5.11 Å². The Labute approximate surface area is 98.7 Å². The van der Waals surface area contributed by atoms with Crippen LogP contribution >= 0.6 is 0 Å². The Bertz CT molecular complexity index is 466. The number of carboxylic acids is 1. The summed E-state index contributed by atoms with van der Waals surface area (Å²) >= 11 is 0. The number of ether oxygens (including phenoxy) is 1. The SMILES string of the molecule is COC(=O)Nc1cc(C)cc(/C=C/C(=O)O)c1. The van der Waals surface area contributed by atoms with Gasteiger partial charge in [0.25, 0.3) is 0 Å². The zero-order valence-corrected chi connectivity index (χ0v) is 9.56. The fourth-order valence-corrected chi connectivity index (χ4v) is 1.32. The number of hydrogen-bond acceptors (Lipinski definition) is 3. The van der Waals surface area contributed by atoms with Crippen molar-refractivity contribution in [2.24, 2.45) is 0 Å². The van der Waals surface area contributed by atoms with Crippen molar-refractivity contribution in [2.75, 3.05) is 12.4 Å². The first-order chi connectivity index (χ1) is 8.01. The molecule has 1 aromatic rings. The van der Waals surface area contributed by atoms with Gasteiger partial charge in [-0.15, -0.1) is 0 Å². The second-order valence-corrected chi connectivity index (χ2v) is 3.42. The normalized spacial score (nSPS) is 10.2. The van der Waals surface area contributed by atoms with Crippen LogP contribution in [0.1, 0.15) is 11.1 Å². The number of hydrogen-bond donors (Lipinski definition) is 2. The van der Waals surface area contributed by atoms with Crippen molar-refractivity contribution in [1.82, 2.24) is 0 Å². The van der Waals surface area contributed by atoms with E-state index in [1.165, 1.54) is 13.2 Å². The molecule has 0 aromatic heterocycles. The van der Waals surface area contributed by atoms with Gasteiger partial charge < -0.3 is 9.84 Å². The highest BCUT2D eigenvalue weighted by Gasteiger charge is 2.02. The molecule has 1 rings (SSSR count). The maximum Gasteiger partial charge on any atom is 0.411 e. The van der Waals surface area contributed by atoms with E-state index >= 15 is 0 Å². The number of carbonyl (C=O) groups is 2. The summed E-state index contributed by atoms with van der Waals surface area (Å²) in [5, 5.41) is 11.0. The van der Waals surface area contributed by atoms with Gasteiger partial charge >= 0.3 is 12.1 Å². The van der Waals surface area contributed by atoms with Gasteiger partial charge in [0.05, 0.1) is 7.11 Å². The quantitative estimate of drug-likeness (QED) is 0.788. The molecule has 2 N–H and O–H groups in total. The summed E-state index contributed by atoms with van der Waals surface area (Å²) in [5.41, 5.74) is 2.16. The van der Waals surface area contributed by atoms with Crippen LogP contribution in [0.2, 0.25) is 0 Å². The summed E-state index contributed by atoms with van der Waals surface area (Å²) in [4.78, 5) is 21.4. The molecule has 0 fully saturated rings. The molecule has 0 heterocycles. The predicted octanol–water partition coefficient (Wildman–Crippen LogP) is 2.27. The van der Waals surface area contributed by atoms with E-state index in [0.717, 1.165) is 11.6 Å². The lowest BCUT2D eigenvalue weighted by Crippen LogP contribution is -2.11. The molecule has 1 aromatic carbocycles. The van der Waals surface area contributed by atoms with Crippen molar-refractivity contribution in [3.63, 3.8) is 0 Å². The van der Waals surface area contributed by atoms with Crippen LogP contribution in [0, 0.1) is 6.92 Å². The fourth-order valence-electron chi connectivity index (χ4n) is 1.32. The second kappa shape index (κ2) is 5.69. The Morgan fingerprint density at radius 1 is 1.35 bits per heavy atom. The summed E-state index contributed by atoms with van der Waals surface area (Å²) < 4.78 is 4.47. The van der Waals surface area contributed by atoms with E-state index < -0.39 is 12.1 Å². The molecule has 0 unspecified atom stereocenters. The molecule has 0 bridgehead atoms. The van der Waals surface area contributed by atoms with Crippen molar-refractivity contribution >= 4 is 23.8 Å². The van der Waals surface area contributed by atoms with Gasteiger partial charge in [0.15, 0.2) is 0 Å². The van der Waals surface area contributed by atoms with Crippen LogP contribution in [0.4, 0.5) is 10.5 Å². The molecule has 5 nitrogen and oxygen atoms in total. The number of aliphatic carboxylic acids is 1. The number of anilines is 1. The fraction of sp³-hybridized carbons (Fsp3) is 0.167. The molecule has 0 atom stereocenters. The van der Waals surface area contributed by atoms with Crippen LogP contribution in [0.25, 0.3) is 6.08 Å². The van der Waals surface area contributed by atoms with Crippen LogP contribution in [0.15, 0.2) is 24.3 Å². The van der Waals surface area contributed by atoms with Crippen molar-refractivity contribution in [2.45, 2.75) is 6.92 Å². The summed E-state index contributed by atoms with van der Waals surface area (Å²) in [6.07, 6.45) is 1.93. The van der Waals surface area contributed by atoms with Crippen molar-refractivity contribution in [3.05, 3.63) is 35.4 Å². The molecule has 17 heavy (non-hydrogen) atoms. The van der Waals surface area contributed by atoms with Gasteiger partial charge in [-0.2, -0.15) is 0 Å². The zero-order chi connectivity index (χ0) is 12.8. The van der Waals surface area contributed by atoms with Crippen molar-refractivity contribution < 1.29 is 19.4 Å². The number of carboxylic acid groups (broad SMARTS) is 1. The number of nitrogens with one attached hydrogen (secondary N) is 1. The van der Waals surface area contributed by atoms with Crippen molar-refractivity contribution in [1.29, 1.82) is 0 Å². The number of amides is 1. The first-order valence-electron chi connectivity index (χ1n) is 4.89. The molecule has 0 saturated heterocycles. The van der Waals surface area contributed by atoms with Gasteiger partial charge in [-0.1, -0.05) is 6.07 Å². The van der Waals surface area contributed by atoms with Crippen LogP contribution in [0.5, 0.6) is 0 Å². The minimum Gasteiger partial charge on any atom is -0.478 e. The number of methoxy groups -OCH3 is 1. The van der Waals surface area contributed by atoms with E-state index in [2.05, 4.69) is 10.1 Å². The molecule has 0 aliphatic heterocycles. The Morgan fingerprint density at radius 2 is 2.06 bits per heavy atom. The molecular weight excluding hydrogens is 222 g/mol. The van der Waals surface area contributed by atoms with Crippen LogP contribution in [-0.4, -0.2) is 24.3 Å². The Kier molecular flexibility index (Phi) is 4.28. The summed E-state index contributed by atoms with van der Waals surface area (Å²) in [5.74, 6) is -1.02. The minimum atomic E-state index is -1.02. The molecule has 0 saturated carbocycles. The third kappa shape index (κ3) is 4.38. The lowest BCUT2D eigenvalue weighted by atomic mass is 10.1. The third-order valence-electron chi connectivity index (χ3n) is 1.95. The lowest BCUT2D eigenvalue weighted by molar-refractivity contribution is -0.131. The van der Waals surface area contributed by atoms with Crippen molar-refractivity contribution in [3.8, 4) is 0 Å². The average Bonchev–Trinajstić information content (AvgIpc) is 2.25. The molecule has 1 amide bonds. The maximum absolute atomic E-state index is 11.0. The topological polar surface area (TPSA) is 75.6 Å². The number of benzene rings is 1. The van der Waals surface area contributed by atoms with E-state index in [-0.39, 0.29) is 0 Å². The van der Waals surface area contributed by atoms with E-state index in [9.17, 15) is 9.59 Å². The van der Waals surface area contributed by atoms with Crippen LogP contribution < -0.4 is 5.32 Å². The smallest absolute Gasteiger partial charge is 0.411 e. The first-order valence-corrected chi connectivity index (χ1v) is 4.89. The molecule has 0 aliphatic rings. The van der Waals surface area contributed by atoms with Crippen LogP contribution in [-0.2, 0) is 9.53 Å². The maximum atomic E-state index is 11.0. The van der Waals surface area contributed by atoms with Gasteiger partial charge in [-0.3, -0.25) is 5.32 Å². The van der Waals surface area contributed by atoms with Gasteiger partial charge in [0.1, 0.15) is 0 Å². The first kappa shape index (κ1) is 12.8. The number of carbonyl (C=O) groups excluding carboxylic acids is 1. The van der Waals surface area contributed by atoms with Gasteiger partial charge in [0.2, 0.25) is 0 Å². The highest BCUT2D eigenvalue weighted by molar-refractivity contribution is 5.87. The highest BCUT2D eigenvalue weighted by atomic mass is 16.5. The van der Waals surface area contributed by atoms with E-state index in [1.807, 2.05) is 13.0 Å². The third-order valence-corrected chi connectivity index (χ3v) is 1.95. The minimum absolute atomic E-state index is 0.557. The molecule has 0 radical (unpaired) electrons. The standard InChI is InChI=1S/C12H13NO4/c1-8-5-9(3-4-11(14)15)7-10(6-8)13-12(16)17-2/h3-7H,1-2H3,(H,13,16)(H,14,15)/b4-3+. The lowest BCUT2D eigenvalue weighted by Gasteiger charge is -2.06. The molecule has 90 valence electrons. The predicted molar refractivity (Wildman–Crippen MR) is 63.9 cm³/mol. The summed E-state index contributed by atoms with van der Waals surface area (Å²) in [6.45, 7) is 1.85. The largest absolute Gasteiger partial charge is 0.478 e. The Hall–Kier alpha value is -2.30. The van der Waals surface area contributed by atoms with Gasteiger partial charge in [-0.25, -0.2) is 9.59 Å². The highest BCUT2D eigenvalue weighted by Crippen LogP contribution is 2.16. The molecule has 0 aliphatic carbocycles. The molecular formula is C12H13NO4. The van der Waals surface area contributed by atoms with E-state index in [0.29, 0.717) is 11.3 Å². The van der Waals surface area contributed by atoms with Crippen LogP contribution in [0.3, 0.4) is 0 Å². The summed E-state index contributed by atoms with van der Waals surface area (Å²) in [6, 6.07) is 5.22. The monoisotopic (exact) mass is 235 g/mol. The van der Waals surface area contributed by atoms with Gasteiger partial charge in [-0.05, 0) is 36.3 Å². The zero-order valence-electron chi connectivity index (χ0n) is 9.56. The summed E-state index contributed by atoms with van der Waals surface area (Å²) in [7, 11) is 1.27. The molecule has 0 spiro atoms. The molecule has 5 heteroatoms.